The average molecular weight is 291 g/mol. The number of anilines is 1. The molecule has 1 aromatic rings. The molecule has 0 bridgehead atoms. The van der Waals surface area contributed by atoms with E-state index >= 15 is 0 Å². The molecule has 1 fully saturated rings. The van der Waals surface area contributed by atoms with Crippen LogP contribution in [0.1, 0.15) is 19.8 Å². The Hall–Kier alpha value is -2.08. The molecule has 2 rings (SSSR count). The molecule has 1 aromatic carbocycles. The lowest BCUT2D eigenvalue weighted by Gasteiger charge is -2.17. The Labute approximate surface area is 124 Å². The number of hydrogen-bond acceptors (Lipinski definition) is 4. The largest absolute Gasteiger partial charge is 0.484 e. The molecule has 6 nitrogen and oxygen atoms in total. The number of carbonyl (C=O) groups excluding carboxylic acids is 2. The summed E-state index contributed by atoms with van der Waals surface area (Å²) in [6.07, 6.45) is 1.47. The number of nitrogens with one attached hydrogen (secondary N) is 1. The predicted octanol–water partition coefficient (Wildman–Crippen LogP) is 0.656. The van der Waals surface area contributed by atoms with Crippen LogP contribution in [0.15, 0.2) is 24.3 Å². The third-order valence-electron chi connectivity index (χ3n) is 3.33. The van der Waals surface area contributed by atoms with E-state index in [0.29, 0.717) is 18.7 Å². The van der Waals surface area contributed by atoms with Gasteiger partial charge in [0.2, 0.25) is 5.91 Å². The first-order chi connectivity index (χ1) is 10.1. The van der Waals surface area contributed by atoms with E-state index in [1.807, 2.05) is 19.1 Å². The molecule has 2 amide bonds. The first kappa shape index (κ1) is 15.3. The smallest absolute Gasteiger partial charge is 0.258 e. The molecule has 6 heteroatoms. The van der Waals surface area contributed by atoms with E-state index in [9.17, 15) is 9.59 Å². The molecule has 3 N–H and O–H groups in total. The number of nitrogens with zero attached hydrogens (tertiary/aromatic N) is 1. The molecule has 0 radical (unpaired) electrons. The lowest BCUT2D eigenvalue weighted by molar-refractivity contribution is -0.123. The minimum atomic E-state index is -0.212. The molecule has 0 aromatic heterocycles. The van der Waals surface area contributed by atoms with Crippen LogP contribution in [0.4, 0.5) is 5.69 Å². The van der Waals surface area contributed by atoms with Crippen molar-refractivity contribution in [1.82, 2.24) is 5.32 Å². The summed E-state index contributed by atoms with van der Waals surface area (Å²) in [5.74, 6) is 0.486. The summed E-state index contributed by atoms with van der Waals surface area (Å²) in [6, 6.07) is 7.16. The van der Waals surface area contributed by atoms with E-state index in [1.54, 1.807) is 17.0 Å². The van der Waals surface area contributed by atoms with Crippen LogP contribution in [0.5, 0.6) is 5.75 Å². The van der Waals surface area contributed by atoms with Gasteiger partial charge in [-0.2, -0.15) is 0 Å². The van der Waals surface area contributed by atoms with Gasteiger partial charge in [-0.3, -0.25) is 9.59 Å². The maximum Gasteiger partial charge on any atom is 0.258 e. The second kappa shape index (κ2) is 7.08. The minimum Gasteiger partial charge on any atom is -0.484 e. The highest BCUT2D eigenvalue weighted by Gasteiger charge is 2.21. The van der Waals surface area contributed by atoms with Gasteiger partial charge >= 0.3 is 0 Å². The molecule has 0 saturated carbocycles. The van der Waals surface area contributed by atoms with Gasteiger partial charge in [0.05, 0.1) is 0 Å². The molecule has 0 unspecified atom stereocenters. The fraction of sp³-hybridized carbons (Fsp3) is 0.467. The lowest BCUT2D eigenvalue weighted by atomic mass is 10.3. The molecular formula is C15H21N3O3. The Kier molecular flexibility index (Phi) is 5.16. The first-order valence-electron chi connectivity index (χ1n) is 7.13. The van der Waals surface area contributed by atoms with Crippen molar-refractivity contribution in [2.75, 3.05) is 24.6 Å². The maximum atomic E-state index is 11.7. The van der Waals surface area contributed by atoms with Gasteiger partial charge in [-0.1, -0.05) is 6.07 Å². The van der Waals surface area contributed by atoms with E-state index in [-0.39, 0.29) is 24.5 Å². The third-order valence-corrected chi connectivity index (χ3v) is 3.33. The summed E-state index contributed by atoms with van der Waals surface area (Å²) in [6.45, 7) is 2.88. The van der Waals surface area contributed by atoms with Crippen molar-refractivity contribution < 1.29 is 14.3 Å². The van der Waals surface area contributed by atoms with Crippen LogP contribution in [0.25, 0.3) is 0 Å². The number of rotatable bonds is 6. The average Bonchev–Trinajstić information content (AvgIpc) is 2.91. The number of amides is 2. The summed E-state index contributed by atoms with van der Waals surface area (Å²) in [4.78, 5) is 25.1. The molecule has 0 aliphatic carbocycles. The van der Waals surface area contributed by atoms with Crippen molar-refractivity contribution in [2.45, 2.75) is 25.8 Å². The first-order valence-corrected chi connectivity index (χ1v) is 7.13. The molecule has 1 atom stereocenters. The zero-order valence-electron chi connectivity index (χ0n) is 12.2. The van der Waals surface area contributed by atoms with E-state index in [2.05, 4.69) is 5.32 Å². The monoisotopic (exact) mass is 291 g/mol. The molecule has 21 heavy (non-hydrogen) atoms. The molecule has 1 aliphatic rings. The highest BCUT2D eigenvalue weighted by atomic mass is 16.5. The fourth-order valence-corrected chi connectivity index (χ4v) is 2.19. The highest BCUT2D eigenvalue weighted by molar-refractivity contribution is 5.95. The van der Waals surface area contributed by atoms with Crippen LogP contribution < -0.4 is 20.7 Å². The van der Waals surface area contributed by atoms with Crippen molar-refractivity contribution in [1.29, 1.82) is 0 Å². The Bertz CT molecular complexity index is 519. The molecular weight excluding hydrogens is 270 g/mol. The fourth-order valence-electron chi connectivity index (χ4n) is 2.19. The second-order valence-electron chi connectivity index (χ2n) is 5.14. The minimum absolute atomic E-state index is 0.0677. The number of carbonyl (C=O) groups is 2. The number of hydrogen-bond donors (Lipinski definition) is 2. The van der Waals surface area contributed by atoms with Gasteiger partial charge in [0.15, 0.2) is 6.61 Å². The molecule has 1 saturated heterocycles. The summed E-state index contributed by atoms with van der Waals surface area (Å²) >= 11 is 0. The summed E-state index contributed by atoms with van der Waals surface area (Å²) in [7, 11) is 0. The van der Waals surface area contributed by atoms with E-state index < -0.39 is 0 Å². The van der Waals surface area contributed by atoms with Crippen LogP contribution >= 0.6 is 0 Å². The Morgan fingerprint density at radius 3 is 3.00 bits per heavy atom. The zero-order chi connectivity index (χ0) is 15.2. The van der Waals surface area contributed by atoms with Crippen LogP contribution in [-0.2, 0) is 9.59 Å². The standard InChI is InChI=1S/C15H21N3O3/c1-11(9-16)17-14(19)10-21-13-5-2-4-12(8-13)18-7-3-6-15(18)20/h2,4-5,8,11H,3,6-7,9-10,16H2,1H3,(H,17,19)/t11-/m0/s1. The van der Waals surface area contributed by atoms with Gasteiger partial charge in [0, 0.05) is 37.3 Å². The van der Waals surface area contributed by atoms with Crippen molar-refractivity contribution in [3.05, 3.63) is 24.3 Å². The van der Waals surface area contributed by atoms with Crippen LogP contribution in [0.3, 0.4) is 0 Å². The van der Waals surface area contributed by atoms with E-state index in [0.717, 1.165) is 18.7 Å². The molecule has 1 heterocycles. The van der Waals surface area contributed by atoms with E-state index in [1.165, 1.54) is 0 Å². The van der Waals surface area contributed by atoms with Crippen LogP contribution in [-0.4, -0.2) is 37.6 Å². The Morgan fingerprint density at radius 1 is 1.52 bits per heavy atom. The van der Waals surface area contributed by atoms with E-state index in [4.69, 9.17) is 10.5 Å². The highest BCUT2D eigenvalue weighted by Crippen LogP contribution is 2.25. The van der Waals surface area contributed by atoms with Gasteiger partial charge in [-0.15, -0.1) is 0 Å². The van der Waals surface area contributed by atoms with Crippen molar-refractivity contribution in [3.8, 4) is 5.75 Å². The Balaban J connectivity index is 1.92. The molecule has 0 spiro atoms. The molecule has 1 aliphatic heterocycles. The number of ether oxygens (including phenoxy) is 1. The topological polar surface area (TPSA) is 84.7 Å². The predicted molar refractivity (Wildman–Crippen MR) is 80.2 cm³/mol. The summed E-state index contributed by atoms with van der Waals surface area (Å²) in [5.41, 5.74) is 6.25. The Morgan fingerprint density at radius 2 is 2.33 bits per heavy atom. The van der Waals surface area contributed by atoms with Crippen molar-refractivity contribution in [3.63, 3.8) is 0 Å². The second-order valence-corrected chi connectivity index (χ2v) is 5.14. The zero-order valence-corrected chi connectivity index (χ0v) is 12.2. The summed E-state index contributed by atoms with van der Waals surface area (Å²) in [5, 5.41) is 2.72. The quantitative estimate of drug-likeness (QED) is 0.806. The number of nitrogens with two attached hydrogens (primary N) is 1. The number of benzene rings is 1. The van der Waals surface area contributed by atoms with Gasteiger partial charge in [-0.25, -0.2) is 0 Å². The van der Waals surface area contributed by atoms with Crippen molar-refractivity contribution >= 4 is 17.5 Å². The maximum absolute atomic E-state index is 11.7. The van der Waals surface area contributed by atoms with Gasteiger partial charge in [0.25, 0.3) is 5.91 Å². The third kappa shape index (κ3) is 4.19. The lowest BCUT2D eigenvalue weighted by Crippen LogP contribution is -2.40. The SMILES string of the molecule is C[C@@H](CN)NC(=O)COc1cccc(N2CCCC2=O)c1. The van der Waals surface area contributed by atoms with Crippen LogP contribution in [0.2, 0.25) is 0 Å². The normalized spacial score (nSPS) is 15.9. The summed E-state index contributed by atoms with van der Waals surface area (Å²) < 4.78 is 5.46. The van der Waals surface area contributed by atoms with Gasteiger partial charge in [0.1, 0.15) is 5.75 Å². The van der Waals surface area contributed by atoms with Crippen LogP contribution in [0, 0.1) is 0 Å². The molecule has 114 valence electrons. The van der Waals surface area contributed by atoms with Crippen molar-refractivity contribution in [2.24, 2.45) is 5.73 Å². The van der Waals surface area contributed by atoms with Gasteiger partial charge < -0.3 is 20.7 Å². The van der Waals surface area contributed by atoms with Gasteiger partial charge in [-0.05, 0) is 25.5 Å².